The van der Waals surface area contributed by atoms with E-state index in [1.165, 1.54) is 0 Å². The van der Waals surface area contributed by atoms with Crippen LogP contribution in [0.4, 0.5) is 0 Å². The van der Waals surface area contributed by atoms with Gasteiger partial charge < -0.3 is 43.6 Å². The third kappa shape index (κ3) is 15.3. The van der Waals surface area contributed by atoms with E-state index in [0.29, 0.717) is 19.3 Å². The molecule has 39 heavy (non-hydrogen) atoms. The minimum Gasteiger partial charge on any atom is -0.373 e. The van der Waals surface area contributed by atoms with Crippen LogP contribution in [-0.4, -0.2) is 85.8 Å². The standard InChI is InChI=1S/C21H45O15P3/c1-4-7-10-13-31-16-17(32-14-11-8-5-2)19(34-37(22,23)24)21(36-39(28,29)30)20(35-38(25,26)27)18(16)33-15-12-9-6-3/h16-21H,4-15H2,1-3H3,(H2,22,23,24)(H2,25,26,27)(H2,28,29,30). The maximum Gasteiger partial charge on any atom is 0.470 e. The van der Waals surface area contributed by atoms with Crippen LogP contribution in [-0.2, 0) is 41.5 Å². The fraction of sp³-hybridized carbons (Fsp3) is 1.00. The topological polar surface area (TPSA) is 228 Å². The van der Waals surface area contributed by atoms with Crippen molar-refractivity contribution in [1.82, 2.24) is 0 Å². The second-order valence-corrected chi connectivity index (χ2v) is 12.9. The molecule has 0 bridgehead atoms. The van der Waals surface area contributed by atoms with Crippen molar-refractivity contribution in [3.05, 3.63) is 0 Å². The molecule has 6 N–H and O–H groups in total. The monoisotopic (exact) mass is 630 g/mol. The summed E-state index contributed by atoms with van der Waals surface area (Å²) in [7, 11) is -16.2. The summed E-state index contributed by atoms with van der Waals surface area (Å²) in [6.45, 7) is 6.12. The molecule has 0 aliphatic heterocycles. The van der Waals surface area contributed by atoms with Gasteiger partial charge in [-0.2, -0.15) is 0 Å². The predicted octanol–water partition coefficient (Wildman–Crippen LogP) is 3.16. The van der Waals surface area contributed by atoms with Crippen molar-refractivity contribution in [1.29, 1.82) is 0 Å². The van der Waals surface area contributed by atoms with E-state index in [1.54, 1.807) is 0 Å². The van der Waals surface area contributed by atoms with Crippen LogP contribution in [0.2, 0.25) is 0 Å². The summed E-state index contributed by atoms with van der Waals surface area (Å²) in [5.74, 6) is 0. The van der Waals surface area contributed by atoms with Gasteiger partial charge in [-0.15, -0.1) is 0 Å². The molecule has 1 fully saturated rings. The molecule has 15 nitrogen and oxygen atoms in total. The predicted molar refractivity (Wildman–Crippen MR) is 139 cm³/mol. The fourth-order valence-corrected chi connectivity index (χ4v) is 5.91. The Labute approximate surface area is 229 Å². The van der Waals surface area contributed by atoms with Crippen molar-refractivity contribution in [2.24, 2.45) is 0 Å². The van der Waals surface area contributed by atoms with E-state index in [9.17, 15) is 43.1 Å². The van der Waals surface area contributed by atoms with Gasteiger partial charge in [0.05, 0.1) is 0 Å². The molecule has 1 aliphatic carbocycles. The fourth-order valence-electron chi connectivity index (χ4n) is 4.24. The molecule has 0 heterocycles. The zero-order valence-electron chi connectivity index (χ0n) is 22.6. The smallest absolute Gasteiger partial charge is 0.373 e. The second kappa shape index (κ2) is 18.0. The van der Waals surface area contributed by atoms with Gasteiger partial charge in [0, 0.05) is 19.8 Å². The Balaban J connectivity index is 3.65. The van der Waals surface area contributed by atoms with Crippen molar-refractivity contribution in [2.45, 2.75) is 115 Å². The highest BCUT2D eigenvalue weighted by atomic mass is 31.2. The van der Waals surface area contributed by atoms with Gasteiger partial charge in [-0.05, 0) is 19.3 Å². The Hall–Kier alpha value is 0.210. The van der Waals surface area contributed by atoms with Crippen LogP contribution in [0, 0.1) is 0 Å². The minimum absolute atomic E-state index is 0.0591. The molecule has 0 saturated heterocycles. The summed E-state index contributed by atoms with van der Waals surface area (Å²) in [5, 5.41) is 0. The molecule has 4 unspecified atom stereocenters. The van der Waals surface area contributed by atoms with Gasteiger partial charge in [0.2, 0.25) is 0 Å². The minimum atomic E-state index is -5.43. The van der Waals surface area contributed by atoms with E-state index >= 15 is 0 Å². The second-order valence-electron chi connectivity index (χ2n) is 9.31. The van der Waals surface area contributed by atoms with E-state index in [-0.39, 0.29) is 19.8 Å². The Bertz CT molecular complexity index is 764. The first-order valence-electron chi connectivity index (χ1n) is 13.2. The van der Waals surface area contributed by atoms with Gasteiger partial charge in [-0.3, -0.25) is 13.6 Å². The highest BCUT2D eigenvalue weighted by Crippen LogP contribution is 2.51. The molecule has 0 aromatic heterocycles. The molecule has 0 aromatic carbocycles. The van der Waals surface area contributed by atoms with Crippen LogP contribution in [0.15, 0.2) is 0 Å². The Morgan fingerprint density at radius 3 is 0.897 bits per heavy atom. The number of rotatable bonds is 21. The average Bonchev–Trinajstić information content (AvgIpc) is 2.79. The maximum atomic E-state index is 12.0. The third-order valence-corrected chi connectivity index (χ3v) is 7.45. The van der Waals surface area contributed by atoms with Crippen LogP contribution in [0.1, 0.15) is 78.6 Å². The van der Waals surface area contributed by atoms with Crippen LogP contribution in [0.25, 0.3) is 0 Å². The SMILES string of the molecule is CCCCCOC1C(OCCCCC)C(OP(=O)(O)O)C(OP(=O)(O)O)C(OP(=O)(O)O)C1OCCCCC. The summed E-state index contributed by atoms with van der Waals surface area (Å²) in [5.41, 5.74) is 0. The number of unbranched alkanes of at least 4 members (excludes halogenated alkanes) is 6. The normalized spacial score (nSPS) is 26.7. The van der Waals surface area contributed by atoms with Crippen molar-refractivity contribution in [3.8, 4) is 0 Å². The molecule has 0 amide bonds. The van der Waals surface area contributed by atoms with Gasteiger partial charge in [-0.25, -0.2) is 13.7 Å². The van der Waals surface area contributed by atoms with Crippen LogP contribution < -0.4 is 0 Å². The number of phosphoric ester groups is 3. The largest absolute Gasteiger partial charge is 0.470 e. The van der Waals surface area contributed by atoms with E-state index < -0.39 is 60.1 Å². The van der Waals surface area contributed by atoms with Crippen molar-refractivity contribution >= 4 is 23.5 Å². The lowest BCUT2D eigenvalue weighted by Crippen LogP contribution is -2.67. The molecule has 4 atom stereocenters. The van der Waals surface area contributed by atoms with Crippen LogP contribution in [0.5, 0.6) is 0 Å². The molecule has 1 rings (SSSR count). The molecular weight excluding hydrogens is 585 g/mol. The van der Waals surface area contributed by atoms with Crippen LogP contribution in [0.3, 0.4) is 0 Å². The van der Waals surface area contributed by atoms with Gasteiger partial charge in [0.15, 0.2) is 0 Å². The summed E-state index contributed by atoms with van der Waals surface area (Å²) in [4.78, 5) is 57.8. The third-order valence-electron chi connectivity index (χ3n) is 5.89. The lowest BCUT2D eigenvalue weighted by atomic mass is 9.84. The lowest BCUT2D eigenvalue weighted by molar-refractivity contribution is -0.248. The summed E-state index contributed by atoms with van der Waals surface area (Å²) < 4.78 is 68.4. The zero-order valence-corrected chi connectivity index (χ0v) is 25.3. The molecule has 234 valence electrons. The number of phosphoric acid groups is 3. The van der Waals surface area contributed by atoms with Crippen LogP contribution >= 0.6 is 23.5 Å². The maximum absolute atomic E-state index is 12.0. The Kier molecular flexibility index (Phi) is 17.2. The highest BCUT2D eigenvalue weighted by Gasteiger charge is 2.59. The van der Waals surface area contributed by atoms with Gasteiger partial charge in [0.1, 0.15) is 36.6 Å². The number of hydrogen-bond acceptors (Lipinski definition) is 9. The molecule has 0 aromatic rings. The zero-order chi connectivity index (χ0) is 29.7. The van der Waals surface area contributed by atoms with E-state index in [1.807, 2.05) is 20.8 Å². The number of ether oxygens (including phenoxy) is 3. The first-order chi connectivity index (χ1) is 18.1. The van der Waals surface area contributed by atoms with Crippen molar-refractivity contribution in [2.75, 3.05) is 19.8 Å². The molecular formula is C21H45O15P3. The van der Waals surface area contributed by atoms with E-state index in [0.717, 1.165) is 38.5 Å². The van der Waals surface area contributed by atoms with Gasteiger partial charge >= 0.3 is 23.5 Å². The van der Waals surface area contributed by atoms with Gasteiger partial charge in [0.25, 0.3) is 0 Å². The van der Waals surface area contributed by atoms with E-state index in [2.05, 4.69) is 0 Å². The molecule has 0 spiro atoms. The summed E-state index contributed by atoms with van der Waals surface area (Å²) in [6.07, 6.45) is -3.70. The van der Waals surface area contributed by atoms with Gasteiger partial charge in [-0.1, -0.05) is 59.3 Å². The Morgan fingerprint density at radius 2 is 0.667 bits per heavy atom. The highest BCUT2D eigenvalue weighted by molar-refractivity contribution is 7.47. The quantitative estimate of drug-likeness (QED) is 0.0790. The Morgan fingerprint density at radius 1 is 0.436 bits per heavy atom. The first-order valence-corrected chi connectivity index (χ1v) is 17.8. The number of hydrogen-bond donors (Lipinski definition) is 6. The first kappa shape index (κ1) is 37.2. The average molecular weight is 630 g/mol. The van der Waals surface area contributed by atoms with Crippen molar-refractivity contribution < 1.29 is 70.8 Å². The van der Waals surface area contributed by atoms with Crippen molar-refractivity contribution in [3.63, 3.8) is 0 Å². The van der Waals surface area contributed by atoms with E-state index in [4.69, 9.17) is 27.8 Å². The molecule has 1 aliphatic rings. The lowest BCUT2D eigenvalue weighted by Gasteiger charge is -2.49. The summed E-state index contributed by atoms with van der Waals surface area (Å²) in [6, 6.07) is 0. The molecule has 18 heteroatoms. The summed E-state index contributed by atoms with van der Waals surface area (Å²) >= 11 is 0. The molecule has 1 saturated carbocycles. The molecule has 0 radical (unpaired) electrons.